The summed E-state index contributed by atoms with van der Waals surface area (Å²) < 4.78 is 3.79. The van der Waals surface area contributed by atoms with Gasteiger partial charge in [0.2, 0.25) is 5.91 Å². The number of hydrogen-bond donors (Lipinski definition) is 3. The molecule has 0 bridgehead atoms. The molecule has 0 unspecified atom stereocenters. The number of nitrogens with zero attached hydrogens (tertiary/aromatic N) is 6. The molecule has 1 aliphatic rings. The first-order valence-electron chi connectivity index (χ1n) is 12.2. The number of β-amino-alcohol motifs (C(OH)–C–C–N with tert-alkyl or cyclic N) is 1. The maximum atomic E-state index is 13.3. The van der Waals surface area contributed by atoms with Gasteiger partial charge in [-0.3, -0.25) is 18.7 Å². The third-order valence-corrected chi connectivity index (χ3v) is 7.35. The Hall–Kier alpha value is -3.77. The molecule has 3 atom stereocenters. The van der Waals surface area contributed by atoms with E-state index in [9.17, 15) is 24.6 Å². The zero-order valence-electron chi connectivity index (χ0n) is 21.3. The number of carbonyl (C=O) groups excluding carboxylic acids is 1. The number of nitrogens with one attached hydrogen (secondary N) is 1. The van der Waals surface area contributed by atoms with Crippen LogP contribution >= 0.6 is 0 Å². The number of amides is 1. The molecule has 1 fully saturated rings. The van der Waals surface area contributed by atoms with Crippen LogP contribution in [0.15, 0.2) is 34.1 Å². The van der Waals surface area contributed by atoms with E-state index in [4.69, 9.17) is 0 Å². The van der Waals surface area contributed by atoms with E-state index in [0.29, 0.717) is 6.42 Å². The number of imidazole rings is 2. The number of rotatable bonds is 4. The number of benzene rings is 1. The minimum atomic E-state index is -1.45. The lowest BCUT2D eigenvalue weighted by Crippen LogP contribution is -2.44. The summed E-state index contributed by atoms with van der Waals surface area (Å²) in [6, 6.07) is 5.07. The lowest BCUT2D eigenvalue weighted by Gasteiger charge is -2.34. The summed E-state index contributed by atoms with van der Waals surface area (Å²) in [6.07, 6.45) is 1.17. The summed E-state index contributed by atoms with van der Waals surface area (Å²) in [5.41, 5.74) is 0.595. The predicted molar refractivity (Wildman–Crippen MR) is 136 cm³/mol. The third kappa shape index (κ3) is 4.36. The molecule has 0 spiro atoms. The summed E-state index contributed by atoms with van der Waals surface area (Å²) in [5, 5.41) is 22.0. The average molecular weight is 510 g/mol. The van der Waals surface area contributed by atoms with Crippen molar-refractivity contribution < 1.29 is 15.0 Å². The van der Waals surface area contributed by atoms with Crippen molar-refractivity contribution in [2.24, 2.45) is 14.1 Å². The van der Waals surface area contributed by atoms with Crippen molar-refractivity contribution in [2.45, 2.75) is 50.9 Å². The molecule has 1 saturated heterocycles. The Morgan fingerprint density at radius 3 is 2.73 bits per heavy atom. The SMILES string of the molecule is Cc1nc2ccc(CCC(=O)N3C[C@@H](O)C[C@@](C)(O)[C@H](n4cnc5c4c(=O)n(C)c(=O)n5C)C3)cc2[nH]1. The van der Waals surface area contributed by atoms with Crippen molar-refractivity contribution in [1.29, 1.82) is 0 Å². The van der Waals surface area contributed by atoms with Crippen LogP contribution in [0.4, 0.5) is 0 Å². The highest BCUT2D eigenvalue weighted by molar-refractivity contribution is 5.78. The Morgan fingerprint density at radius 2 is 1.97 bits per heavy atom. The monoisotopic (exact) mass is 509 g/mol. The van der Waals surface area contributed by atoms with E-state index in [1.54, 1.807) is 6.92 Å². The number of hydrogen-bond acceptors (Lipinski definition) is 7. The lowest BCUT2D eigenvalue weighted by molar-refractivity contribution is -0.132. The quantitative estimate of drug-likeness (QED) is 0.354. The van der Waals surface area contributed by atoms with Crippen molar-refractivity contribution >= 4 is 28.1 Å². The van der Waals surface area contributed by atoms with Gasteiger partial charge in [0.25, 0.3) is 5.56 Å². The number of fused-ring (bicyclic) bond motifs is 2. The maximum absolute atomic E-state index is 13.3. The lowest BCUT2D eigenvalue weighted by atomic mass is 9.91. The summed E-state index contributed by atoms with van der Waals surface area (Å²) in [7, 11) is 2.91. The van der Waals surface area contributed by atoms with Gasteiger partial charge < -0.3 is 24.7 Å². The van der Waals surface area contributed by atoms with Gasteiger partial charge in [-0.25, -0.2) is 14.8 Å². The zero-order valence-corrected chi connectivity index (χ0v) is 21.3. The summed E-state index contributed by atoms with van der Waals surface area (Å²) in [6.45, 7) is 3.60. The molecule has 12 heteroatoms. The first-order valence-corrected chi connectivity index (χ1v) is 12.2. The number of aliphatic hydroxyl groups is 2. The average Bonchev–Trinajstić information content (AvgIpc) is 3.41. The molecule has 0 saturated carbocycles. The molecule has 1 amide bonds. The number of H-pyrrole nitrogens is 1. The largest absolute Gasteiger partial charge is 0.391 e. The van der Waals surface area contributed by atoms with Crippen LogP contribution in [-0.2, 0) is 25.3 Å². The molecular formula is C25H31N7O5. The smallest absolute Gasteiger partial charge is 0.332 e. The van der Waals surface area contributed by atoms with E-state index in [1.807, 2.05) is 25.1 Å². The van der Waals surface area contributed by atoms with Crippen LogP contribution in [0.25, 0.3) is 22.2 Å². The van der Waals surface area contributed by atoms with Crippen LogP contribution in [0.2, 0.25) is 0 Å². The maximum Gasteiger partial charge on any atom is 0.332 e. The molecule has 1 aliphatic heterocycles. The molecule has 4 aromatic rings. The molecule has 37 heavy (non-hydrogen) atoms. The number of aryl methyl sites for hydroxylation is 3. The zero-order chi connectivity index (χ0) is 26.6. The number of aromatic nitrogens is 6. The minimum absolute atomic E-state index is 0.00302. The molecule has 3 N–H and O–H groups in total. The van der Waals surface area contributed by atoms with Gasteiger partial charge in [-0.2, -0.15) is 0 Å². The Labute approximate surface area is 211 Å². The fourth-order valence-corrected chi connectivity index (χ4v) is 5.35. The van der Waals surface area contributed by atoms with E-state index in [1.165, 1.54) is 34.5 Å². The van der Waals surface area contributed by atoms with Gasteiger partial charge in [0.15, 0.2) is 11.2 Å². The molecule has 12 nitrogen and oxygen atoms in total. The van der Waals surface area contributed by atoms with Crippen LogP contribution in [0.1, 0.15) is 37.2 Å². The minimum Gasteiger partial charge on any atom is -0.391 e. The second kappa shape index (κ2) is 8.96. The van der Waals surface area contributed by atoms with E-state index >= 15 is 0 Å². The Balaban J connectivity index is 1.44. The highest BCUT2D eigenvalue weighted by Gasteiger charge is 2.42. The summed E-state index contributed by atoms with van der Waals surface area (Å²) in [4.78, 5) is 52.1. The number of likely N-dealkylation sites (tertiary alicyclic amines) is 1. The van der Waals surface area contributed by atoms with Crippen molar-refractivity contribution in [3.8, 4) is 0 Å². The van der Waals surface area contributed by atoms with E-state index in [0.717, 1.165) is 27.0 Å². The molecule has 5 rings (SSSR count). The van der Waals surface area contributed by atoms with Crippen molar-refractivity contribution in [3.05, 3.63) is 56.8 Å². The van der Waals surface area contributed by atoms with Gasteiger partial charge in [0.1, 0.15) is 5.82 Å². The molecule has 3 aromatic heterocycles. The standard InChI is InChI=1S/C25H31N7O5/c1-14-27-17-7-5-15(9-18(17)28-14)6-8-20(34)31-11-16(33)10-25(2,37)19(12-31)32-13-26-22-21(32)23(35)30(4)24(36)29(22)3/h5,7,9,13,16,19,33,37H,6,8,10-12H2,1-4H3,(H,27,28)/t16-,19+,25+/m0/s1. The van der Waals surface area contributed by atoms with Crippen LogP contribution in [0, 0.1) is 6.92 Å². The third-order valence-electron chi connectivity index (χ3n) is 7.35. The van der Waals surface area contributed by atoms with Crippen molar-refractivity contribution in [1.82, 2.24) is 33.6 Å². The second-order valence-electron chi connectivity index (χ2n) is 10.2. The topological polar surface area (TPSA) is 151 Å². The van der Waals surface area contributed by atoms with Gasteiger partial charge >= 0.3 is 5.69 Å². The fourth-order valence-electron chi connectivity index (χ4n) is 5.35. The highest BCUT2D eigenvalue weighted by Crippen LogP contribution is 2.33. The molecular weight excluding hydrogens is 478 g/mol. The molecule has 0 radical (unpaired) electrons. The number of aromatic amines is 1. The van der Waals surface area contributed by atoms with E-state index < -0.39 is 29.0 Å². The number of carbonyl (C=O) groups is 1. The van der Waals surface area contributed by atoms with Gasteiger partial charge in [-0.05, 0) is 38.0 Å². The highest BCUT2D eigenvalue weighted by atomic mass is 16.3. The predicted octanol–water partition coefficient (Wildman–Crippen LogP) is 0.137. The fraction of sp³-hybridized carbons (Fsp3) is 0.480. The molecule has 196 valence electrons. The van der Waals surface area contributed by atoms with Gasteiger partial charge in [-0.15, -0.1) is 0 Å². The molecule has 0 aliphatic carbocycles. The Morgan fingerprint density at radius 1 is 1.22 bits per heavy atom. The van der Waals surface area contributed by atoms with Crippen LogP contribution < -0.4 is 11.2 Å². The summed E-state index contributed by atoms with van der Waals surface area (Å²) in [5.74, 6) is 0.647. The van der Waals surface area contributed by atoms with Gasteiger partial charge in [0.05, 0.1) is 35.1 Å². The second-order valence-corrected chi connectivity index (χ2v) is 10.2. The first-order chi connectivity index (χ1) is 17.5. The Kier molecular flexibility index (Phi) is 6.03. The van der Waals surface area contributed by atoms with Crippen molar-refractivity contribution in [2.75, 3.05) is 13.1 Å². The molecule has 1 aromatic carbocycles. The van der Waals surface area contributed by atoms with Crippen LogP contribution in [-0.4, -0.2) is 74.5 Å². The first kappa shape index (κ1) is 24.9. The molecule has 4 heterocycles. The van der Waals surface area contributed by atoms with Crippen molar-refractivity contribution in [3.63, 3.8) is 0 Å². The number of aliphatic hydroxyl groups excluding tert-OH is 1. The van der Waals surface area contributed by atoms with Crippen LogP contribution in [0.3, 0.4) is 0 Å². The Bertz CT molecular complexity index is 1630. The normalized spacial score (nSPS) is 22.6. The van der Waals surface area contributed by atoms with E-state index in [-0.39, 0.29) is 43.0 Å². The van der Waals surface area contributed by atoms with Crippen LogP contribution in [0.5, 0.6) is 0 Å². The van der Waals surface area contributed by atoms with Gasteiger partial charge in [0, 0.05) is 40.0 Å². The van der Waals surface area contributed by atoms with Gasteiger partial charge in [-0.1, -0.05) is 6.07 Å². The summed E-state index contributed by atoms with van der Waals surface area (Å²) >= 11 is 0. The van der Waals surface area contributed by atoms with E-state index in [2.05, 4.69) is 15.0 Å².